The number of nitrogens with one attached hydrogen (secondary N) is 1. The monoisotopic (exact) mass is 464 g/mol. The molecule has 0 fully saturated rings. The number of para-hydroxylation sites is 2. The van der Waals surface area contributed by atoms with Crippen LogP contribution in [0.25, 0.3) is 5.69 Å². The zero-order valence-electron chi connectivity index (χ0n) is 17.9. The van der Waals surface area contributed by atoms with Gasteiger partial charge in [-0.05, 0) is 36.6 Å². The number of hydrogen-bond donors (Lipinski definition) is 1. The van der Waals surface area contributed by atoms with Gasteiger partial charge in [0.15, 0.2) is 5.16 Å². The Morgan fingerprint density at radius 3 is 2.62 bits per heavy atom. The molecule has 2 heterocycles. The average Bonchev–Trinajstić information content (AvgIpc) is 3.48. The summed E-state index contributed by atoms with van der Waals surface area (Å²) in [5, 5.41) is 14.3. The number of benzene rings is 2. The molecule has 1 unspecified atom stereocenters. The summed E-state index contributed by atoms with van der Waals surface area (Å²) >= 11 is 3.10. The summed E-state index contributed by atoms with van der Waals surface area (Å²) in [7, 11) is 1.63. The third kappa shape index (κ3) is 5.20. The fourth-order valence-corrected chi connectivity index (χ4v) is 4.90. The number of methoxy groups -OCH3 is 1. The minimum Gasteiger partial charge on any atom is -0.496 e. The van der Waals surface area contributed by atoms with E-state index in [1.807, 2.05) is 72.2 Å². The van der Waals surface area contributed by atoms with Crippen LogP contribution in [0.2, 0.25) is 0 Å². The van der Waals surface area contributed by atoms with Crippen LogP contribution in [-0.2, 0) is 17.8 Å². The Bertz CT molecular complexity index is 1160. The Labute approximate surface area is 195 Å². The first-order chi connectivity index (χ1) is 15.7. The standard InChI is InChI=1S/C24H24N4O2S2/c1-17(23(29)25-16-18-9-6-7-13-21(18)30-2)32-24-27-26-22(15-20-12-8-14-31-20)28(24)19-10-4-3-5-11-19/h3-14,17H,15-16H2,1-2H3,(H,25,29). The molecular weight excluding hydrogens is 440 g/mol. The molecule has 2 aromatic carbocycles. The second-order valence-corrected chi connectivity index (χ2v) is 9.46. The Morgan fingerprint density at radius 2 is 1.88 bits per heavy atom. The Balaban J connectivity index is 1.50. The zero-order chi connectivity index (χ0) is 22.3. The van der Waals surface area contributed by atoms with Crippen molar-refractivity contribution in [3.8, 4) is 11.4 Å². The summed E-state index contributed by atoms with van der Waals surface area (Å²) < 4.78 is 7.40. The highest BCUT2D eigenvalue weighted by Crippen LogP contribution is 2.27. The molecule has 0 spiro atoms. The third-order valence-electron chi connectivity index (χ3n) is 4.92. The largest absolute Gasteiger partial charge is 0.496 e. The fourth-order valence-electron chi connectivity index (χ4n) is 3.28. The number of aromatic nitrogens is 3. The number of ether oxygens (including phenoxy) is 1. The van der Waals surface area contributed by atoms with Crippen molar-refractivity contribution < 1.29 is 9.53 Å². The van der Waals surface area contributed by atoms with E-state index < -0.39 is 0 Å². The van der Waals surface area contributed by atoms with Gasteiger partial charge in [0.2, 0.25) is 5.91 Å². The molecule has 1 atom stereocenters. The Hall–Kier alpha value is -3.10. The lowest BCUT2D eigenvalue weighted by atomic mass is 10.2. The van der Waals surface area contributed by atoms with E-state index in [9.17, 15) is 4.79 Å². The molecule has 1 N–H and O–H groups in total. The molecule has 0 saturated heterocycles. The van der Waals surface area contributed by atoms with Crippen LogP contribution >= 0.6 is 23.1 Å². The Kier molecular flexibility index (Phi) is 7.24. The van der Waals surface area contributed by atoms with Gasteiger partial charge in [0.25, 0.3) is 0 Å². The number of rotatable bonds is 9. The van der Waals surface area contributed by atoms with Crippen molar-refractivity contribution in [3.63, 3.8) is 0 Å². The van der Waals surface area contributed by atoms with E-state index in [0.29, 0.717) is 18.1 Å². The summed E-state index contributed by atoms with van der Waals surface area (Å²) in [5.41, 5.74) is 1.92. The summed E-state index contributed by atoms with van der Waals surface area (Å²) in [5.74, 6) is 1.54. The van der Waals surface area contributed by atoms with Gasteiger partial charge in [-0.1, -0.05) is 54.2 Å². The molecule has 0 saturated carbocycles. The molecule has 0 radical (unpaired) electrons. The van der Waals surface area contributed by atoms with Gasteiger partial charge in [0.05, 0.1) is 12.4 Å². The van der Waals surface area contributed by atoms with Gasteiger partial charge in [-0.2, -0.15) is 0 Å². The van der Waals surface area contributed by atoms with E-state index in [1.165, 1.54) is 16.6 Å². The van der Waals surface area contributed by atoms with Crippen molar-refractivity contribution in [2.75, 3.05) is 7.11 Å². The highest BCUT2D eigenvalue weighted by atomic mass is 32.2. The van der Waals surface area contributed by atoms with Crippen LogP contribution in [0.3, 0.4) is 0 Å². The van der Waals surface area contributed by atoms with Gasteiger partial charge in [-0.15, -0.1) is 21.5 Å². The molecule has 4 aromatic rings. The number of carbonyl (C=O) groups is 1. The molecule has 32 heavy (non-hydrogen) atoms. The maximum absolute atomic E-state index is 12.8. The molecule has 2 aromatic heterocycles. The van der Waals surface area contributed by atoms with Crippen molar-refractivity contribution in [2.24, 2.45) is 0 Å². The molecule has 0 bridgehead atoms. The van der Waals surface area contributed by atoms with Crippen LogP contribution in [0.15, 0.2) is 77.3 Å². The lowest BCUT2D eigenvalue weighted by molar-refractivity contribution is -0.120. The minimum absolute atomic E-state index is 0.0664. The molecule has 4 rings (SSSR count). The number of carbonyl (C=O) groups excluding carboxylic acids is 1. The fraction of sp³-hybridized carbons (Fsp3) is 0.208. The third-order valence-corrected chi connectivity index (χ3v) is 6.84. The van der Waals surface area contributed by atoms with Crippen molar-refractivity contribution in [2.45, 2.75) is 30.3 Å². The first-order valence-electron chi connectivity index (χ1n) is 10.2. The van der Waals surface area contributed by atoms with Crippen LogP contribution < -0.4 is 10.1 Å². The molecule has 1 amide bonds. The van der Waals surface area contributed by atoms with Gasteiger partial charge in [0.1, 0.15) is 11.6 Å². The number of amides is 1. The van der Waals surface area contributed by atoms with Crippen LogP contribution in [-0.4, -0.2) is 33.0 Å². The molecule has 0 aliphatic heterocycles. The molecule has 6 nitrogen and oxygen atoms in total. The first kappa shape index (κ1) is 22.1. The summed E-state index contributed by atoms with van der Waals surface area (Å²) in [6, 6.07) is 21.8. The van der Waals surface area contributed by atoms with Crippen LogP contribution in [0.4, 0.5) is 0 Å². The predicted molar refractivity (Wildman–Crippen MR) is 129 cm³/mol. The molecule has 164 valence electrons. The van der Waals surface area contributed by atoms with Crippen LogP contribution in [0.1, 0.15) is 23.2 Å². The van der Waals surface area contributed by atoms with Gasteiger partial charge in [-0.25, -0.2) is 0 Å². The number of nitrogens with zero attached hydrogens (tertiary/aromatic N) is 3. The zero-order valence-corrected chi connectivity index (χ0v) is 19.5. The van der Waals surface area contributed by atoms with Gasteiger partial charge in [-0.3, -0.25) is 9.36 Å². The van der Waals surface area contributed by atoms with E-state index in [4.69, 9.17) is 4.74 Å². The quantitative estimate of drug-likeness (QED) is 0.363. The maximum atomic E-state index is 12.8. The van der Waals surface area contributed by atoms with E-state index in [0.717, 1.165) is 22.8 Å². The minimum atomic E-state index is -0.342. The normalized spacial score (nSPS) is 11.8. The number of thiophene rings is 1. The molecule has 8 heteroatoms. The van der Waals surface area contributed by atoms with Crippen molar-refractivity contribution in [1.29, 1.82) is 0 Å². The van der Waals surface area contributed by atoms with Gasteiger partial charge >= 0.3 is 0 Å². The SMILES string of the molecule is COc1ccccc1CNC(=O)C(C)Sc1nnc(Cc2cccs2)n1-c1ccccc1. The second kappa shape index (κ2) is 10.5. The van der Waals surface area contributed by atoms with Crippen molar-refractivity contribution in [1.82, 2.24) is 20.1 Å². The van der Waals surface area contributed by atoms with Crippen molar-refractivity contribution in [3.05, 3.63) is 88.4 Å². The van der Waals surface area contributed by atoms with E-state index in [-0.39, 0.29) is 11.2 Å². The van der Waals surface area contributed by atoms with Crippen LogP contribution in [0, 0.1) is 0 Å². The molecule has 0 aliphatic rings. The summed E-state index contributed by atoms with van der Waals surface area (Å²) in [6.07, 6.45) is 0.689. The predicted octanol–water partition coefficient (Wildman–Crippen LogP) is 4.73. The average molecular weight is 465 g/mol. The van der Waals surface area contributed by atoms with E-state index in [2.05, 4.69) is 27.0 Å². The summed E-state index contributed by atoms with van der Waals surface area (Å²) in [4.78, 5) is 14.0. The van der Waals surface area contributed by atoms with Crippen LogP contribution in [0.5, 0.6) is 5.75 Å². The Morgan fingerprint density at radius 1 is 1.09 bits per heavy atom. The van der Waals surface area contributed by atoms with Gasteiger partial charge in [0, 0.05) is 29.1 Å². The summed E-state index contributed by atoms with van der Waals surface area (Å²) in [6.45, 7) is 2.29. The first-order valence-corrected chi connectivity index (χ1v) is 12.0. The van der Waals surface area contributed by atoms with Gasteiger partial charge < -0.3 is 10.1 Å². The smallest absolute Gasteiger partial charge is 0.233 e. The van der Waals surface area contributed by atoms with E-state index >= 15 is 0 Å². The number of thioether (sulfide) groups is 1. The second-order valence-electron chi connectivity index (χ2n) is 7.12. The van der Waals surface area contributed by atoms with Crippen molar-refractivity contribution >= 4 is 29.0 Å². The maximum Gasteiger partial charge on any atom is 0.233 e. The highest BCUT2D eigenvalue weighted by molar-refractivity contribution is 8.00. The lowest BCUT2D eigenvalue weighted by Gasteiger charge is -2.14. The lowest BCUT2D eigenvalue weighted by Crippen LogP contribution is -2.30. The number of hydrogen-bond acceptors (Lipinski definition) is 6. The van der Waals surface area contributed by atoms with E-state index in [1.54, 1.807) is 18.4 Å². The molecule has 0 aliphatic carbocycles. The topological polar surface area (TPSA) is 69.0 Å². The molecular formula is C24H24N4O2S2. The highest BCUT2D eigenvalue weighted by Gasteiger charge is 2.21.